The molecular weight excluding hydrogens is 320 g/mol. The van der Waals surface area contributed by atoms with Crippen LogP contribution < -0.4 is 15.8 Å². The Bertz CT molecular complexity index is 810. The van der Waals surface area contributed by atoms with Gasteiger partial charge in [0.05, 0.1) is 18.7 Å². The number of rotatable bonds is 6. The van der Waals surface area contributed by atoms with Gasteiger partial charge in [0.2, 0.25) is 6.10 Å². The summed E-state index contributed by atoms with van der Waals surface area (Å²) >= 11 is 0. The number of nitrogens with zero attached hydrogens (tertiary/aromatic N) is 2. The Morgan fingerprint density at radius 3 is 2.64 bits per heavy atom. The molecule has 0 aliphatic rings. The summed E-state index contributed by atoms with van der Waals surface area (Å²) in [5, 5.41) is 15.3. The molecular formula is C18H18N4O3. The molecule has 0 spiro atoms. The maximum absolute atomic E-state index is 12.1. The lowest BCUT2D eigenvalue weighted by atomic mass is 10.2. The van der Waals surface area contributed by atoms with Gasteiger partial charge in [0.15, 0.2) is 5.84 Å². The summed E-state index contributed by atoms with van der Waals surface area (Å²) in [6.45, 7) is 1.55. The molecule has 2 rings (SSSR count). The molecule has 0 saturated carbocycles. The van der Waals surface area contributed by atoms with Gasteiger partial charge in [-0.2, -0.15) is 5.26 Å². The van der Waals surface area contributed by atoms with E-state index in [9.17, 15) is 4.79 Å². The van der Waals surface area contributed by atoms with Crippen molar-refractivity contribution in [1.82, 2.24) is 0 Å². The predicted molar refractivity (Wildman–Crippen MR) is 94.1 cm³/mol. The Labute approximate surface area is 145 Å². The van der Waals surface area contributed by atoms with Crippen LogP contribution >= 0.6 is 0 Å². The number of anilines is 1. The molecule has 1 atom stereocenters. The number of hydrogen-bond donors (Lipinski definition) is 2. The van der Waals surface area contributed by atoms with Crippen LogP contribution in [0.2, 0.25) is 0 Å². The fourth-order valence-electron chi connectivity index (χ4n) is 1.91. The van der Waals surface area contributed by atoms with Crippen molar-refractivity contribution in [2.24, 2.45) is 10.9 Å². The van der Waals surface area contributed by atoms with Crippen LogP contribution in [0.25, 0.3) is 0 Å². The van der Waals surface area contributed by atoms with Crippen LogP contribution in [0.5, 0.6) is 5.75 Å². The number of hydrogen-bond acceptors (Lipinski definition) is 5. The van der Waals surface area contributed by atoms with Crippen molar-refractivity contribution in [3.05, 3.63) is 59.7 Å². The average Bonchev–Trinajstić information content (AvgIpc) is 2.65. The first-order valence-corrected chi connectivity index (χ1v) is 7.48. The Kier molecular flexibility index (Phi) is 5.96. The number of nitrogens with two attached hydrogens (primary N) is 1. The number of amides is 1. The zero-order chi connectivity index (χ0) is 18.2. The number of nitriles is 1. The highest BCUT2D eigenvalue weighted by molar-refractivity contribution is 5.97. The van der Waals surface area contributed by atoms with Gasteiger partial charge in [-0.1, -0.05) is 11.2 Å². The lowest BCUT2D eigenvalue weighted by Crippen LogP contribution is -2.27. The molecule has 3 N–H and O–H groups in total. The molecule has 0 aromatic heterocycles. The number of nitrogens with one attached hydrogen (secondary N) is 1. The summed E-state index contributed by atoms with van der Waals surface area (Å²) in [4.78, 5) is 17.3. The van der Waals surface area contributed by atoms with Crippen LogP contribution in [-0.4, -0.2) is 25.0 Å². The van der Waals surface area contributed by atoms with E-state index in [-0.39, 0.29) is 5.84 Å². The minimum atomic E-state index is -0.859. The standard InChI is InChI=1S/C18H18N4O3/c1-12(18(23)21-15-5-3-4-13(10-15)11-19)25-22-17(20)14-6-8-16(24-2)9-7-14/h3-10,12H,1-2H3,(H2,20,22)(H,21,23). The molecule has 0 aliphatic heterocycles. The van der Waals surface area contributed by atoms with Crippen LogP contribution in [0.1, 0.15) is 18.1 Å². The molecule has 2 aromatic rings. The summed E-state index contributed by atoms with van der Waals surface area (Å²) in [5.41, 5.74) is 7.45. The Balaban J connectivity index is 1.96. The highest BCUT2D eigenvalue weighted by atomic mass is 16.6. The summed E-state index contributed by atoms with van der Waals surface area (Å²) in [6, 6.07) is 15.5. The van der Waals surface area contributed by atoms with E-state index < -0.39 is 12.0 Å². The van der Waals surface area contributed by atoms with Crippen molar-refractivity contribution >= 4 is 17.4 Å². The fourth-order valence-corrected chi connectivity index (χ4v) is 1.91. The highest BCUT2D eigenvalue weighted by Crippen LogP contribution is 2.12. The summed E-state index contributed by atoms with van der Waals surface area (Å²) in [6.07, 6.45) is -0.859. The zero-order valence-corrected chi connectivity index (χ0v) is 13.9. The first kappa shape index (κ1) is 17.8. The molecule has 128 valence electrons. The monoisotopic (exact) mass is 338 g/mol. The Morgan fingerprint density at radius 1 is 1.28 bits per heavy atom. The van der Waals surface area contributed by atoms with Crippen LogP contribution in [-0.2, 0) is 9.63 Å². The lowest BCUT2D eigenvalue weighted by Gasteiger charge is -2.11. The van der Waals surface area contributed by atoms with Crippen molar-refractivity contribution in [2.75, 3.05) is 12.4 Å². The fraction of sp³-hybridized carbons (Fsp3) is 0.167. The number of amidine groups is 1. The van der Waals surface area contributed by atoms with Crippen LogP contribution in [0, 0.1) is 11.3 Å². The normalized spacial score (nSPS) is 12.0. The maximum Gasteiger partial charge on any atom is 0.267 e. The van der Waals surface area contributed by atoms with E-state index in [1.807, 2.05) is 6.07 Å². The first-order valence-electron chi connectivity index (χ1n) is 7.48. The quantitative estimate of drug-likeness (QED) is 0.477. The Hall–Kier alpha value is -3.53. The number of ether oxygens (including phenoxy) is 1. The van der Waals surface area contributed by atoms with Gasteiger partial charge in [0.25, 0.3) is 5.91 Å². The van der Waals surface area contributed by atoms with Gasteiger partial charge in [-0.15, -0.1) is 0 Å². The molecule has 0 heterocycles. The van der Waals surface area contributed by atoms with E-state index in [2.05, 4.69) is 10.5 Å². The van der Waals surface area contributed by atoms with Gasteiger partial charge < -0.3 is 20.6 Å². The second-order valence-electron chi connectivity index (χ2n) is 5.13. The van der Waals surface area contributed by atoms with E-state index in [1.54, 1.807) is 62.6 Å². The van der Waals surface area contributed by atoms with Crippen LogP contribution in [0.3, 0.4) is 0 Å². The third kappa shape index (κ3) is 4.97. The topological polar surface area (TPSA) is 110 Å². The molecule has 7 heteroatoms. The summed E-state index contributed by atoms with van der Waals surface area (Å²) in [5.74, 6) is 0.444. The Morgan fingerprint density at radius 2 is 2.00 bits per heavy atom. The van der Waals surface area contributed by atoms with E-state index in [0.29, 0.717) is 22.6 Å². The number of carbonyl (C=O) groups excluding carboxylic acids is 1. The summed E-state index contributed by atoms with van der Waals surface area (Å²) in [7, 11) is 1.57. The van der Waals surface area contributed by atoms with Crippen molar-refractivity contribution in [2.45, 2.75) is 13.0 Å². The van der Waals surface area contributed by atoms with Gasteiger partial charge in [0.1, 0.15) is 5.75 Å². The third-order valence-corrected chi connectivity index (χ3v) is 3.32. The second kappa shape index (κ2) is 8.36. The van der Waals surface area contributed by atoms with E-state index in [0.717, 1.165) is 0 Å². The molecule has 0 bridgehead atoms. The molecule has 1 amide bonds. The van der Waals surface area contributed by atoms with E-state index in [1.165, 1.54) is 0 Å². The molecule has 25 heavy (non-hydrogen) atoms. The van der Waals surface area contributed by atoms with Crippen molar-refractivity contribution < 1.29 is 14.4 Å². The molecule has 0 fully saturated rings. The minimum Gasteiger partial charge on any atom is -0.497 e. The molecule has 7 nitrogen and oxygen atoms in total. The lowest BCUT2D eigenvalue weighted by molar-refractivity contribution is -0.126. The SMILES string of the molecule is COc1ccc(C(N)=NOC(C)C(=O)Nc2cccc(C#N)c2)cc1. The average molecular weight is 338 g/mol. The number of oxime groups is 1. The number of benzene rings is 2. The highest BCUT2D eigenvalue weighted by Gasteiger charge is 2.15. The molecule has 0 radical (unpaired) electrons. The zero-order valence-electron chi connectivity index (χ0n) is 13.9. The number of carbonyl (C=O) groups is 1. The van der Waals surface area contributed by atoms with Gasteiger partial charge in [0, 0.05) is 11.3 Å². The number of methoxy groups -OCH3 is 1. The van der Waals surface area contributed by atoms with Gasteiger partial charge in [-0.05, 0) is 49.4 Å². The largest absolute Gasteiger partial charge is 0.497 e. The van der Waals surface area contributed by atoms with Gasteiger partial charge in [-0.25, -0.2) is 0 Å². The van der Waals surface area contributed by atoms with Crippen molar-refractivity contribution in [1.29, 1.82) is 5.26 Å². The van der Waals surface area contributed by atoms with E-state index in [4.69, 9.17) is 20.6 Å². The van der Waals surface area contributed by atoms with E-state index >= 15 is 0 Å². The predicted octanol–water partition coefficient (Wildman–Crippen LogP) is 2.23. The molecule has 1 unspecified atom stereocenters. The maximum atomic E-state index is 12.1. The van der Waals surface area contributed by atoms with Crippen LogP contribution in [0.4, 0.5) is 5.69 Å². The second-order valence-corrected chi connectivity index (χ2v) is 5.13. The smallest absolute Gasteiger partial charge is 0.267 e. The molecule has 2 aromatic carbocycles. The molecule has 0 aliphatic carbocycles. The van der Waals surface area contributed by atoms with Gasteiger partial charge in [-0.3, -0.25) is 4.79 Å². The van der Waals surface area contributed by atoms with Gasteiger partial charge >= 0.3 is 0 Å². The first-order chi connectivity index (χ1) is 12.0. The third-order valence-electron chi connectivity index (χ3n) is 3.32. The molecule has 0 saturated heterocycles. The minimum absolute atomic E-state index is 0.147. The van der Waals surface area contributed by atoms with Crippen molar-refractivity contribution in [3.8, 4) is 11.8 Å². The summed E-state index contributed by atoms with van der Waals surface area (Å²) < 4.78 is 5.07. The van der Waals surface area contributed by atoms with Crippen molar-refractivity contribution in [3.63, 3.8) is 0 Å². The van der Waals surface area contributed by atoms with Crippen LogP contribution in [0.15, 0.2) is 53.7 Å².